The normalized spacial score (nSPS) is 16.5. The van der Waals surface area contributed by atoms with E-state index >= 15 is 0 Å². The van der Waals surface area contributed by atoms with Gasteiger partial charge in [0.25, 0.3) is 10.0 Å². The minimum atomic E-state index is -3.87. The molecule has 2 N–H and O–H groups in total. The van der Waals surface area contributed by atoms with Gasteiger partial charge in [-0.25, -0.2) is 17.4 Å². The van der Waals surface area contributed by atoms with Crippen LogP contribution in [0.2, 0.25) is 0 Å². The molecule has 1 atom stereocenters. The minimum Gasteiger partial charge on any atom is -0.366 e. The first-order valence-electron chi connectivity index (χ1n) is 11.9. The van der Waals surface area contributed by atoms with Gasteiger partial charge >= 0.3 is 0 Å². The Morgan fingerprint density at radius 2 is 1.83 bits per heavy atom. The summed E-state index contributed by atoms with van der Waals surface area (Å²) in [6, 6.07) is 21.0. The molecular formula is C27H26N6O2S. The fourth-order valence-corrected chi connectivity index (χ4v) is 6.30. The van der Waals surface area contributed by atoms with Crippen LogP contribution in [0.15, 0.2) is 90.2 Å². The summed E-state index contributed by atoms with van der Waals surface area (Å²) in [6.07, 6.45) is 4.85. The zero-order valence-electron chi connectivity index (χ0n) is 19.8. The number of piperazine rings is 1. The summed E-state index contributed by atoms with van der Waals surface area (Å²) in [5, 5.41) is 8.24. The maximum absolute atomic E-state index is 13.7. The third-order valence-corrected chi connectivity index (χ3v) is 8.37. The summed E-state index contributed by atoms with van der Waals surface area (Å²) < 4.78 is 28.7. The molecule has 0 amide bonds. The van der Waals surface area contributed by atoms with Crippen molar-refractivity contribution in [3.8, 4) is 0 Å². The molecule has 0 radical (unpaired) electrons. The fourth-order valence-electron chi connectivity index (χ4n) is 4.78. The molecule has 0 bridgehead atoms. The molecule has 0 saturated carbocycles. The topological polar surface area (TPSA) is 92.2 Å². The molecule has 3 aromatic heterocycles. The maximum Gasteiger partial charge on any atom is 0.270 e. The molecule has 8 nitrogen and oxygen atoms in total. The Morgan fingerprint density at radius 1 is 1.00 bits per heavy atom. The number of benzene rings is 2. The molecule has 9 heteroatoms. The van der Waals surface area contributed by atoms with Crippen molar-refractivity contribution in [1.29, 1.82) is 0 Å². The van der Waals surface area contributed by atoms with Crippen molar-refractivity contribution in [3.63, 3.8) is 0 Å². The van der Waals surface area contributed by atoms with Crippen LogP contribution in [-0.2, 0) is 10.0 Å². The van der Waals surface area contributed by atoms with Gasteiger partial charge in [0, 0.05) is 72.5 Å². The Morgan fingerprint density at radius 3 is 2.67 bits per heavy atom. The molecule has 0 spiro atoms. The van der Waals surface area contributed by atoms with Crippen LogP contribution in [0.4, 0.5) is 17.2 Å². The first-order valence-corrected chi connectivity index (χ1v) is 13.4. The van der Waals surface area contributed by atoms with Crippen molar-refractivity contribution in [2.24, 2.45) is 0 Å². The maximum atomic E-state index is 13.7. The van der Waals surface area contributed by atoms with Crippen LogP contribution in [0.1, 0.15) is 6.92 Å². The smallest absolute Gasteiger partial charge is 0.270 e. The van der Waals surface area contributed by atoms with E-state index in [2.05, 4.69) is 44.6 Å². The van der Waals surface area contributed by atoms with E-state index in [1.54, 1.807) is 48.9 Å². The van der Waals surface area contributed by atoms with Crippen molar-refractivity contribution in [2.75, 3.05) is 29.9 Å². The van der Waals surface area contributed by atoms with Crippen molar-refractivity contribution in [3.05, 3.63) is 85.3 Å². The number of aromatic nitrogens is 3. The van der Waals surface area contributed by atoms with Gasteiger partial charge in [0.05, 0.1) is 11.0 Å². The zero-order chi connectivity index (χ0) is 24.7. The molecule has 36 heavy (non-hydrogen) atoms. The van der Waals surface area contributed by atoms with Gasteiger partial charge in [0.15, 0.2) is 0 Å². The van der Waals surface area contributed by atoms with Gasteiger partial charge < -0.3 is 15.5 Å². The van der Waals surface area contributed by atoms with E-state index < -0.39 is 10.0 Å². The first kappa shape index (κ1) is 22.5. The summed E-state index contributed by atoms with van der Waals surface area (Å²) in [5.74, 6) is 0.567. The third-order valence-electron chi connectivity index (χ3n) is 6.64. The standard InChI is InChI=1S/C27H26N6O2S/c1-19-17-28-13-15-32(19)23-9-7-22(8-10-23)31-26-16-24-21(18-30-26)11-14-33(24)36(34,35)25-6-2-4-20-5-3-12-29-27(20)25/h2-12,14,16,18-19,28H,13,15,17H2,1H3,(H,30,31)/t19-/m0/s1. The Hall–Kier alpha value is -3.95. The largest absolute Gasteiger partial charge is 0.366 e. The lowest BCUT2D eigenvalue weighted by Gasteiger charge is -2.36. The molecule has 1 aliphatic heterocycles. The fraction of sp³-hybridized carbons (Fsp3) is 0.185. The zero-order valence-corrected chi connectivity index (χ0v) is 20.6. The van der Waals surface area contributed by atoms with Crippen molar-refractivity contribution >= 4 is 49.0 Å². The summed E-state index contributed by atoms with van der Waals surface area (Å²) in [5.41, 5.74) is 3.06. The molecule has 5 aromatic rings. The van der Waals surface area contributed by atoms with Gasteiger partial charge in [-0.15, -0.1) is 0 Å². The third kappa shape index (κ3) is 3.96. The predicted molar refractivity (Wildman–Crippen MR) is 143 cm³/mol. The van der Waals surface area contributed by atoms with E-state index in [0.29, 0.717) is 22.9 Å². The number of nitrogens with one attached hydrogen (secondary N) is 2. The average molecular weight is 499 g/mol. The molecule has 1 fully saturated rings. The molecule has 2 aromatic carbocycles. The van der Waals surface area contributed by atoms with Gasteiger partial charge in [-0.2, -0.15) is 0 Å². The van der Waals surface area contributed by atoms with Gasteiger partial charge in [-0.05, 0) is 49.4 Å². The van der Waals surface area contributed by atoms with Crippen LogP contribution in [0, 0.1) is 0 Å². The van der Waals surface area contributed by atoms with E-state index in [0.717, 1.165) is 36.1 Å². The van der Waals surface area contributed by atoms with Gasteiger partial charge in [-0.1, -0.05) is 18.2 Å². The highest BCUT2D eigenvalue weighted by Crippen LogP contribution is 2.29. The van der Waals surface area contributed by atoms with Crippen LogP contribution in [0.3, 0.4) is 0 Å². The minimum absolute atomic E-state index is 0.169. The number of anilines is 3. The lowest BCUT2D eigenvalue weighted by Crippen LogP contribution is -2.49. The van der Waals surface area contributed by atoms with Crippen molar-refractivity contribution < 1.29 is 8.42 Å². The predicted octanol–water partition coefficient (Wildman–Crippen LogP) is 4.36. The lowest BCUT2D eigenvalue weighted by molar-refractivity contribution is 0.501. The Bertz CT molecular complexity index is 1660. The Kier molecular flexibility index (Phi) is 5.58. The van der Waals surface area contributed by atoms with Gasteiger partial charge in [-0.3, -0.25) is 4.98 Å². The Labute approximate surface area is 209 Å². The number of hydrogen-bond acceptors (Lipinski definition) is 7. The summed E-state index contributed by atoms with van der Waals surface area (Å²) in [6.45, 7) is 5.14. The van der Waals surface area contributed by atoms with Crippen LogP contribution in [-0.4, -0.2) is 48.0 Å². The molecule has 1 saturated heterocycles. The number of fused-ring (bicyclic) bond motifs is 2. The number of pyridine rings is 2. The van der Waals surface area contributed by atoms with Gasteiger partial charge in [0.2, 0.25) is 0 Å². The van der Waals surface area contributed by atoms with Crippen LogP contribution in [0.5, 0.6) is 0 Å². The highest BCUT2D eigenvalue weighted by molar-refractivity contribution is 7.90. The van der Waals surface area contributed by atoms with E-state index in [-0.39, 0.29) is 4.90 Å². The summed E-state index contributed by atoms with van der Waals surface area (Å²) in [7, 11) is -3.87. The number of rotatable bonds is 5. The van der Waals surface area contributed by atoms with E-state index in [1.165, 1.54) is 9.66 Å². The second-order valence-corrected chi connectivity index (χ2v) is 10.8. The van der Waals surface area contributed by atoms with E-state index in [1.807, 2.05) is 24.3 Å². The first-order chi connectivity index (χ1) is 17.5. The molecule has 182 valence electrons. The number of nitrogens with zero attached hydrogens (tertiary/aromatic N) is 4. The van der Waals surface area contributed by atoms with Crippen molar-refractivity contribution in [2.45, 2.75) is 17.9 Å². The lowest BCUT2D eigenvalue weighted by atomic mass is 10.1. The molecule has 1 aliphatic rings. The second-order valence-electron chi connectivity index (χ2n) is 8.99. The molecule has 0 aliphatic carbocycles. The highest BCUT2D eigenvalue weighted by atomic mass is 32.2. The van der Waals surface area contributed by atoms with E-state index in [9.17, 15) is 8.42 Å². The summed E-state index contributed by atoms with van der Waals surface area (Å²) in [4.78, 5) is 11.4. The molecule has 4 heterocycles. The highest BCUT2D eigenvalue weighted by Gasteiger charge is 2.23. The van der Waals surface area contributed by atoms with Crippen LogP contribution in [0.25, 0.3) is 21.8 Å². The van der Waals surface area contributed by atoms with Crippen molar-refractivity contribution in [1.82, 2.24) is 19.3 Å². The second kappa shape index (κ2) is 8.92. The molecule has 0 unspecified atom stereocenters. The number of para-hydroxylation sites is 1. The summed E-state index contributed by atoms with van der Waals surface area (Å²) >= 11 is 0. The van der Waals surface area contributed by atoms with Crippen LogP contribution >= 0.6 is 0 Å². The molecular weight excluding hydrogens is 472 g/mol. The quantitative estimate of drug-likeness (QED) is 0.372. The Balaban J connectivity index is 1.32. The SMILES string of the molecule is C[C@H]1CNCCN1c1ccc(Nc2cc3c(ccn3S(=O)(=O)c3cccc4cccnc34)cn2)cc1. The average Bonchev–Trinajstić information content (AvgIpc) is 3.33. The van der Waals surface area contributed by atoms with Crippen LogP contribution < -0.4 is 15.5 Å². The van der Waals surface area contributed by atoms with Gasteiger partial charge in [0.1, 0.15) is 10.7 Å². The monoisotopic (exact) mass is 498 g/mol. The number of hydrogen-bond donors (Lipinski definition) is 2. The van der Waals surface area contributed by atoms with E-state index in [4.69, 9.17) is 0 Å². The molecule has 6 rings (SSSR count).